The van der Waals surface area contributed by atoms with E-state index >= 15 is 0 Å². The molecule has 0 atom stereocenters. The number of hydrogen-bond donors (Lipinski definition) is 1. The zero-order chi connectivity index (χ0) is 11.4. The zero-order valence-electron chi connectivity index (χ0n) is 9.79. The fourth-order valence-electron chi connectivity index (χ4n) is 1.70. The molecule has 2 rings (SSSR count). The molecule has 0 fully saturated rings. The van der Waals surface area contributed by atoms with Crippen molar-refractivity contribution in [3.05, 3.63) is 18.0 Å². The first kappa shape index (κ1) is 10.9. The Kier molecular flexibility index (Phi) is 3.39. The average Bonchev–Trinajstić information content (AvgIpc) is 2.70. The van der Waals surface area contributed by atoms with Gasteiger partial charge in [-0.15, -0.1) is 0 Å². The van der Waals surface area contributed by atoms with Gasteiger partial charge in [0.2, 0.25) is 5.88 Å². The summed E-state index contributed by atoms with van der Waals surface area (Å²) in [6, 6.07) is 3.80. The highest BCUT2D eigenvalue weighted by atomic mass is 16.5. The molecule has 0 aliphatic heterocycles. The Morgan fingerprint density at radius 2 is 2.12 bits per heavy atom. The fraction of sp³-hybridized carbons (Fsp3) is 0.500. The number of imidazole rings is 1. The lowest BCUT2D eigenvalue weighted by molar-refractivity contribution is 0.399. The molecule has 0 aromatic carbocycles. The fourth-order valence-corrected chi connectivity index (χ4v) is 1.70. The largest absolute Gasteiger partial charge is 0.481 e. The predicted octanol–water partition coefficient (Wildman–Crippen LogP) is 2.70. The summed E-state index contributed by atoms with van der Waals surface area (Å²) >= 11 is 0. The predicted molar refractivity (Wildman–Crippen MR) is 63.7 cm³/mol. The second-order valence-electron chi connectivity index (χ2n) is 3.87. The van der Waals surface area contributed by atoms with E-state index in [1.54, 1.807) is 7.11 Å². The lowest BCUT2D eigenvalue weighted by atomic mass is 10.2. The van der Waals surface area contributed by atoms with Gasteiger partial charge in [-0.25, -0.2) is 4.98 Å². The third kappa shape index (κ3) is 2.32. The van der Waals surface area contributed by atoms with Gasteiger partial charge >= 0.3 is 0 Å². The molecular weight excluding hydrogens is 202 g/mol. The van der Waals surface area contributed by atoms with Crippen LogP contribution in [-0.4, -0.2) is 22.1 Å². The van der Waals surface area contributed by atoms with Gasteiger partial charge in [-0.2, -0.15) is 4.98 Å². The Morgan fingerprint density at radius 1 is 1.25 bits per heavy atom. The van der Waals surface area contributed by atoms with Crippen LogP contribution in [0.2, 0.25) is 0 Å². The molecule has 2 heterocycles. The molecule has 2 aromatic rings. The van der Waals surface area contributed by atoms with E-state index < -0.39 is 0 Å². The molecule has 2 aromatic heterocycles. The van der Waals surface area contributed by atoms with Gasteiger partial charge in [-0.1, -0.05) is 19.8 Å². The highest BCUT2D eigenvalue weighted by molar-refractivity contribution is 5.71. The minimum absolute atomic E-state index is 0.610. The van der Waals surface area contributed by atoms with Gasteiger partial charge in [-0.05, 0) is 12.5 Å². The van der Waals surface area contributed by atoms with Crippen molar-refractivity contribution in [1.29, 1.82) is 0 Å². The van der Waals surface area contributed by atoms with E-state index in [0.29, 0.717) is 5.88 Å². The third-order valence-corrected chi connectivity index (χ3v) is 2.60. The second-order valence-corrected chi connectivity index (χ2v) is 3.87. The average molecular weight is 219 g/mol. The molecule has 0 aliphatic carbocycles. The van der Waals surface area contributed by atoms with Gasteiger partial charge in [0.25, 0.3) is 0 Å². The molecular formula is C12H17N3O. The number of unbranched alkanes of at least 4 members (excludes halogenated alkanes) is 2. The van der Waals surface area contributed by atoms with Crippen molar-refractivity contribution < 1.29 is 4.74 Å². The summed E-state index contributed by atoms with van der Waals surface area (Å²) in [6.07, 6.45) is 4.64. The highest BCUT2D eigenvalue weighted by Gasteiger charge is 2.04. The number of fused-ring (bicyclic) bond motifs is 1. The molecule has 0 bridgehead atoms. The lowest BCUT2D eigenvalue weighted by Crippen LogP contribution is -1.88. The monoisotopic (exact) mass is 219 g/mol. The maximum Gasteiger partial charge on any atom is 0.215 e. The standard InChI is InChI=1S/C12H17N3O/c1-3-4-5-6-10-13-9-7-8-11(16-2)15-12(9)14-10/h7-8H,3-6H2,1-2H3,(H,13,14,15). The Labute approximate surface area is 95.1 Å². The van der Waals surface area contributed by atoms with Crippen LogP contribution in [0.15, 0.2) is 12.1 Å². The Balaban J connectivity index is 2.16. The van der Waals surface area contributed by atoms with Gasteiger partial charge in [0.1, 0.15) is 5.82 Å². The summed E-state index contributed by atoms with van der Waals surface area (Å²) in [5.41, 5.74) is 1.72. The number of aromatic amines is 1. The molecule has 0 amide bonds. The normalized spacial score (nSPS) is 10.9. The molecule has 86 valence electrons. The van der Waals surface area contributed by atoms with Crippen LogP contribution in [0.25, 0.3) is 11.2 Å². The second kappa shape index (κ2) is 4.96. The van der Waals surface area contributed by atoms with Crippen molar-refractivity contribution in [2.75, 3.05) is 7.11 Å². The number of H-pyrrole nitrogens is 1. The maximum atomic E-state index is 5.07. The van der Waals surface area contributed by atoms with E-state index in [9.17, 15) is 0 Å². The first-order valence-corrected chi connectivity index (χ1v) is 5.73. The Hall–Kier alpha value is -1.58. The number of aromatic nitrogens is 3. The lowest BCUT2D eigenvalue weighted by Gasteiger charge is -1.95. The minimum Gasteiger partial charge on any atom is -0.481 e. The van der Waals surface area contributed by atoms with E-state index in [1.807, 2.05) is 12.1 Å². The topological polar surface area (TPSA) is 50.8 Å². The van der Waals surface area contributed by atoms with Crippen LogP contribution in [0.1, 0.15) is 32.0 Å². The van der Waals surface area contributed by atoms with Crippen LogP contribution in [0.5, 0.6) is 5.88 Å². The first-order chi connectivity index (χ1) is 7.83. The van der Waals surface area contributed by atoms with Gasteiger partial charge in [0.15, 0.2) is 5.65 Å². The molecule has 0 aliphatic rings. The van der Waals surface area contributed by atoms with Gasteiger partial charge in [-0.3, -0.25) is 0 Å². The Morgan fingerprint density at radius 3 is 2.88 bits per heavy atom. The summed E-state index contributed by atoms with van der Waals surface area (Å²) in [4.78, 5) is 12.0. The van der Waals surface area contributed by atoms with E-state index in [2.05, 4.69) is 21.9 Å². The van der Waals surface area contributed by atoms with Crippen LogP contribution >= 0.6 is 0 Å². The smallest absolute Gasteiger partial charge is 0.215 e. The van der Waals surface area contributed by atoms with Crippen molar-refractivity contribution in [1.82, 2.24) is 15.0 Å². The van der Waals surface area contributed by atoms with E-state index in [-0.39, 0.29) is 0 Å². The molecule has 0 unspecified atom stereocenters. The zero-order valence-corrected chi connectivity index (χ0v) is 9.79. The van der Waals surface area contributed by atoms with Crippen molar-refractivity contribution in [2.45, 2.75) is 32.6 Å². The van der Waals surface area contributed by atoms with E-state index in [1.165, 1.54) is 19.3 Å². The number of methoxy groups -OCH3 is 1. The number of hydrogen-bond acceptors (Lipinski definition) is 3. The molecule has 0 saturated carbocycles. The summed E-state index contributed by atoms with van der Waals surface area (Å²) in [5, 5.41) is 0. The van der Waals surface area contributed by atoms with Gasteiger partial charge < -0.3 is 9.72 Å². The first-order valence-electron chi connectivity index (χ1n) is 5.73. The van der Waals surface area contributed by atoms with Crippen LogP contribution in [-0.2, 0) is 6.42 Å². The van der Waals surface area contributed by atoms with Crippen LogP contribution in [0.4, 0.5) is 0 Å². The van der Waals surface area contributed by atoms with Crippen LogP contribution in [0, 0.1) is 0 Å². The molecule has 16 heavy (non-hydrogen) atoms. The van der Waals surface area contributed by atoms with Gasteiger partial charge in [0, 0.05) is 12.5 Å². The number of nitrogens with one attached hydrogen (secondary N) is 1. The highest BCUT2D eigenvalue weighted by Crippen LogP contribution is 2.15. The summed E-state index contributed by atoms with van der Waals surface area (Å²) < 4.78 is 5.07. The third-order valence-electron chi connectivity index (χ3n) is 2.60. The SMILES string of the molecule is CCCCCc1nc2nc(OC)ccc2[nH]1. The molecule has 4 nitrogen and oxygen atoms in total. The van der Waals surface area contributed by atoms with Crippen molar-refractivity contribution in [3.63, 3.8) is 0 Å². The number of pyridine rings is 1. The number of aryl methyl sites for hydroxylation is 1. The van der Waals surface area contributed by atoms with Crippen molar-refractivity contribution in [2.24, 2.45) is 0 Å². The minimum atomic E-state index is 0.610. The van der Waals surface area contributed by atoms with Crippen LogP contribution < -0.4 is 4.74 Å². The summed E-state index contributed by atoms with van der Waals surface area (Å²) in [6.45, 7) is 2.20. The quantitative estimate of drug-likeness (QED) is 0.786. The molecule has 0 radical (unpaired) electrons. The Bertz CT molecular complexity index is 464. The van der Waals surface area contributed by atoms with Gasteiger partial charge in [0.05, 0.1) is 12.6 Å². The number of nitrogens with zero attached hydrogens (tertiary/aromatic N) is 2. The number of rotatable bonds is 5. The molecule has 0 spiro atoms. The molecule has 0 saturated heterocycles. The maximum absolute atomic E-state index is 5.07. The summed E-state index contributed by atoms with van der Waals surface area (Å²) in [7, 11) is 1.61. The van der Waals surface area contributed by atoms with Crippen LogP contribution in [0.3, 0.4) is 0 Å². The van der Waals surface area contributed by atoms with E-state index in [0.717, 1.165) is 23.4 Å². The molecule has 1 N–H and O–H groups in total. The van der Waals surface area contributed by atoms with E-state index in [4.69, 9.17) is 4.74 Å². The molecule has 4 heteroatoms. The summed E-state index contributed by atoms with van der Waals surface area (Å²) in [5.74, 6) is 1.63. The number of ether oxygens (including phenoxy) is 1. The van der Waals surface area contributed by atoms with Crippen molar-refractivity contribution in [3.8, 4) is 5.88 Å². The van der Waals surface area contributed by atoms with Crippen molar-refractivity contribution >= 4 is 11.2 Å².